The van der Waals surface area contributed by atoms with Crippen LogP contribution >= 0.6 is 0 Å². The second-order valence-corrected chi connectivity index (χ2v) is 3.16. The number of rotatable bonds is 4. The van der Waals surface area contributed by atoms with Crippen LogP contribution in [0.25, 0.3) is 0 Å². The Morgan fingerprint density at radius 1 is 0.545 bits per heavy atom. The lowest BCUT2D eigenvalue weighted by molar-refractivity contribution is 0.0637. The van der Waals surface area contributed by atoms with Crippen LogP contribution in [0.15, 0.2) is 12.1 Å². The van der Waals surface area contributed by atoms with Gasteiger partial charge >= 0.3 is 23.9 Å². The number of hydrogen-bond acceptors (Lipinski definition) is 4. The minimum atomic E-state index is -1.66. The van der Waals surface area contributed by atoms with E-state index in [1.165, 1.54) is 0 Å². The molecule has 0 bridgehead atoms. The van der Waals surface area contributed by atoms with Gasteiger partial charge in [-0.1, -0.05) is 27.7 Å². The second-order valence-electron chi connectivity index (χ2n) is 3.16. The molecule has 8 heteroatoms. The number of carboxylic acid groups (broad SMARTS) is 4. The summed E-state index contributed by atoms with van der Waals surface area (Å²) in [5.74, 6) is -6.64. The normalized spacial score (nSPS) is 8.55. The van der Waals surface area contributed by atoms with Crippen LogP contribution in [0.2, 0.25) is 0 Å². The van der Waals surface area contributed by atoms with Gasteiger partial charge in [-0.2, -0.15) is 0 Å². The molecule has 0 heterocycles. The van der Waals surface area contributed by atoms with E-state index in [-0.39, 0.29) is 0 Å². The van der Waals surface area contributed by atoms with Gasteiger partial charge in [0.1, 0.15) is 0 Å². The highest BCUT2D eigenvalue weighted by atomic mass is 16.4. The average molecular weight is 314 g/mol. The fourth-order valence-corrected chi connectivity index (χ4v) is 1.31. The molecule has 0 aromatic heterocycles. The van der Waals surface area contributed by atoms with Gasteiger partial charge in [-0.15, -0.1) is 0 Å². The van der Waals surface area contributed by atoms with Gasteiger partial charge in [0.2, 0.25) is 0 Å². The zero-order valence-electron chi connectivity index (χ0n) is 12.6. The molecule has 1 aromatic carbocycles. The topological polar surface area (TPSA) is 149 Å². The molecule has 0 atom stereocenters. The summed E-state index contributed by atoms with van der Waals surface area (Å²) < 4.78 is 0. The second kappa shape index (κ2) is 9.92. The van der Waals surface area contributed by atoms with E-state index in [0.29, 0.717) is 12.1 Å². The number of aromatic carboxylic acids is 4. The molecule has 8 nitrogen and oxygen atoms in total. The maximum absolute atomic E-state index is 10.8. The van der Waals surface area contributed by atoms with Gasteiger partial charge in [0.05, 0.1) is 22.3 Å². The van der Waals surface area contributed by atoms with Crippen molar-refractivity contribution in [2.24, 2.45) is 0 Å². The first-order valence-corrected chi connectivity index (χ1v) is 6.37. The van der Waals surface area contributed by atoms with E-state index < -0.39 is 46.1 Å². The Bertz CT molecular complexity index is 476. The third kappa shape index (κ3) is 5.23. The van der Waals surface area contributed by atoms with Gasteiger partial charge in [-0.05, 0) is 12.1 Å². The van der Waals surface area contributed by atoms with Gasteiger partial charge < -0.3 is 20.4 Å². The highest BCUT2D eigenvalue weighted by molar-refractivity contribution is 6.09. The highest BCUT2D eigenvalue weighted by Crippen LogP contribution is 2.18. The first-order chi connectivity index (χ1) is 10.3. The zero-order chi connectivity index (χ0) is 18.0. The van der Waals surface area contributed by atoms with Gasteiger partial charge in [-0.25, -0.2) is 19.2 Å². The Morgan fingerprint density at radius 3 is 0.773 bits per heavy atom. The summed E-state index contributed by atoms with van der Waals surface area (Å²) in [7, 11) is 0. The lowest BCUT2D eigenvalue weighted by atomic mass is 9.98. The summed E-state index contributed by atoms with van der Waals surface area (Å²) in [6, 6.07) is 1.02. The largest absolute Gasteiger partial charge is 0.478 e. The molecule has 0 saturated heterocycles. The molecule has 0 radical (unpaired) electrons. The van der Waals surface area contributed by atoms with E-state index in [1.807, 2.05) is 27.7 Å². The van der Waals surface area contributed by atoms with Crippen molar-refractivity contribution in [3.05, 3.63) is 34.4 Å². The molecule has 22 heavy (non-hydrogen) atoms. The molecule has 1 aromatic rings. The molecular formula is C14H18O8. The number of benzene rings is 1. The number of carboxylic acids is 4. The number of hydrogen-bond donors (Lipinski definition) is 4. The molecule has 0 aliphatic rings. The molecule has 0 amide bonds. The van der Waals surface area contributed by atoms with E-state index in [0.717, 1.165) is 0 Å². The summed E-state index contributed by atoms with van der Waals surface area (Å²) in [6.07, 6.45) is 0. The average Bonchev–Trinajstić information content (AvgIpc) is 2.49. The minimum absolute atomic E-state index is 0.511. The van der Waals surface area contributed by atoms with Gasteiger partial charge in [-0.3, -0.25) is 0 Å². The van der Waals surface area contributed by atoms with Crippen LogP contribution < -0.4 is 0 Å². The predicted octanol–water partition coefficient (Wildman–Crippen LogP) is 2.53. The van der Waals surface area contributed by atoms with Crippen molar-refractivity contribution in [2.75, 3.05) is 0 Å². The van der Waals surface area contributed by atoms with Crippen molar-refractivity contribution >= 4 is 23.9 Å². The Labute approximate surface area is 126 Å². The van der Waals surface area contributed by atoms with Gasteiger partial charge in [0.15, 0.2) is 0 Å². The summed E-state index contributed by atoms with van der Waals surface area (Å²) in [6.45, 7) is 8.00. The lowest BCUT2D eigenvalue weighted by Crippen LogP contribution is -2.15. The Morgan fingerprint density at radius 2 is 0.682 bits per heavy atom. The van der Waals surface area contributed by atoms with Crippen LogP contribution in [0.5, 0.6) is 0 Å². The quantitative estimate of drug-likeness (QED) is 0.662. The summed E-state index contributed by atoms with van der Waals surface area (Å²) in [4.78, 5) is 43.1. The first kappa shape index (κ1) is 21.4. The maximum Gasteiger partial charge on any atom is 0.336 e. The van der Waals surface area contributed by atoms with Crippen molar-refractivity contribution in [1.82, 2.24) is 0 Å². The lowest BCUT2D eigenvalue weighted by Gasteiger charge is -2.06. The van der Waals surface area contributed by atoms with E-state index in [9.17, 15) is 19.2 Å². The molecule has 0 aliphatic carbocycles. The molecule has 122 valence electrons. The van der Waals surface area contributed by atoms with E-state index >= 15 is 0 Å². The standard InChI is InChI=1S/C10H6O8.2C2H6/c11-7(12)3-1-4(8(13)14)6(10(17)18)2-5(3)9(15)16;2*1-2/h1-2H,(H,11,12)(H,13,14)(H,15,16)(H,17,18);2*1-2H3. The zero-order valence-corrected chi connectivity index (χ0v) is 12.6. The molecule has 0 fully saturated rings. The van der Waals surface area contributed by atoms with E-state index in [4.69, 9.17) is 20.4 Å². The molecule has 0 saturated carbocycles. The fourth-order valence-electron chi connectivity index (χ4n) is 1.31. The smallest absolute Gasteiger partial charge is 0.336 e. The van der Waals surface area contributed by atoms with Gasteiger partial charge in [0.25, 0.3) is 0 Å². The Balaban J connectivity index is 0. The molecular weight excluding hydrogens is 296 g/mol. The molecule has 0 aliphatic heterocycles. The van der Waals surface area contributed by atoms with Crippen LogP contribution in [0.3, 0.4) is 0 Å². The fraction of sp³-hybridized carbons (Fsp3) is 0.286. The van der Waals surface area contributed by atoms with Crippen molar-refractivity contribution in [3.8, 4) is 0 Å². The number of carbonyl (C=O) groups is 4. The first-order valence-electron chi connectivity index (χ1n) is 6.37. The van der Waals surface area contributed by atoms with Crippen LogP contribution in [0.1, 0.15) is 69.1 Å². The molecule has 0 spiro atoms. The van der Waals surface area contributed by atoms with Crippen molar-refractivity contribution in [2.45, 2.75) is 27.7 Å². The third-order valence-corrected chi connectivity index (χ3v) is 2.08. The van der Waals surface area contributed by atoms with Gasteiger partial charge in [0, 0.05) is 0 Å². The van der Waals surface area contributed by atoms with E-state index in [1.54, 1.807) is 0 Å². The van der Waals surface area contributed by atoms with Crippen LogP contribution in [0.4, 0.5) is 0 Å². The van der Waals surface area contributed by atoms with Crippen LogP contribution in [-0.4, -0.2) is 44.3 Å². The molecule has 0 unspecified atom stereocenters. The third-order valence-electron chi connectivity index (χ3n) is 2.08. The summed E-state index contributed by atoms with van der Waals surface area (Å²) in [5, 5.41) is 35.0. The Kier molecular flexibility index (Phi) is 9.65. The van der Waals surface area contributed by atoms with Crippen molar-refractivity contribution in [3.63, 3.8) is 0 Å². The molecule has 4 N–H and O–H groups in total. The highest BCUT2D eigenvalue weighted by Gasteiger charge is 2.24. The maximum atomic E-state index is 10.8. The summed E-state index contributed by atoms with van der Waals surface area (Å²) >= 11 is 0. The monoisotopic (exact) mass is 314 g/mol. The van der Waals surface area contributed by atoms with Crippen LogP contribution in [0, 0.1) is 0 Å². The van der Waals surface area contributed by atoms with E-state index in [2.05, 4.69) is 0 Å². The predicted molar refractivity (Wildman–Crippen MR) is 77.0 cm³/mol. The Hall–Kier alpha value is -2.90. The van der Waals surface area contributed by atoms with Crippen molar-refractivity contribution < 1.29 is 39.6 Å². The molecule has 1 rings (SSSR count). The minimum Gasteiger partial charge on any atom is -0.478 e. The van der Waals surface area contributed by atoms with Crippen molar-refractivity contribution in [1.29, 1.82) is 0 Å². The van der Waals surface area contributed by atoms with Crippen LogP contribution in [-0.2, 0) is 0 Å². The SMILES string of the molecule is CC.CC.O=C(O)c1cc(C(=O)O)c(C(=O)O)cc1C(=O)O. The summed E-state index contributed by atoms with van der Waals surface area (Å²) in [5.41, 5.74) is -3.15.